The number of piperidine rings is 1. The Labute approximate surface area is 145 Å². The smallest absolute Gasteiger partial charge is 0.410 e. The summed E-state index contributed by atoms with van der Waals surface area (Å²) in [7, 11) is 2.09. The molecule has 0 bridgehead atoms. The van der Waals surface area contributed by atoms with Crippen LogP contribution in [0.3, 0.4) is 0 Å². The maximum atomic E-state index is 12.2. The molecule has 0 aromatic carbocycles. The number of carbonyl (C=O) groups is 1. The number of rotatable bonds is 8. The Morgan fingerprint density at radius 2 is 2.00 bits per heavy atom. The lowest BCUT2D eigenvalue weighted by Crippen LogP contribution is -2.49. The van der Waals surface area contributed by atoms with Crippen LogP contribution >= 0.6 is 0 Å². The summed E-state index contributed by atoms with van der Waals surface area (Å²) in [6, 6.07) is 0. The molecular formula is C17H33N3O4. The monoisotopic (exact) mass is 343 g/mol. The first kappa shape index (κ1) is 19.4. The summed E-state index contributed by atoms with van der Waals surface area (Å²) in [4.78, 5) is 18.4. The van der Waals surface area contributed by atoms with Crippen LogP contribution in [0, 0.1) is 5.92 Å². The fourth-order valence-electron chi connectivity index (χ4n) is 3.63. The zero-order valence-corrected chi connectivity index (χ0v) is 15.3. The van der Waals surface area contributed by atoms with E-state index in [4.69, 9.17) is 9.84 Å². The molecule has 0 radical (unpaired) electrons. The molecule has 0 saturated carbocycles. The van der Waals surface area contributed by atoms with Crippen molar-refractivity contribution in [2.24, 2.45) is 5.92 Å². The van der Waals surface area contributed by atoms with Crippen LogP contribution in [0.15, 0.2) is 0 Å². The average Bonchev–Trinajstić information content (AvgIpc) is 2.83. The molecule has 2 aliphatic rings. The van der Waals surface area contributed by atoms with Crippen LogP contribution in [0.1, 0.15) is 26.7 Å². The predicted molar refractivity (Wildman–Crippen MR) is 91.9 cm³/mol. The molecule has 2 aliphatic heterocycles. The van der Waals surface area contributed by atoms with Crippen molar-refractivity contribution < 1.29 is 19.7 Å². The van der Waals surface area contributed by atoms with Gasteiger partial charge in [-0.3, -0.25) is 0 Å². The van der Waals surface area contributed by atoms with Crippen LogP contribution in [-0.2, 0) is 4.74 Å². The second-order valence-corrected chi connectivity index (χ2v) is 7.77. The SMILES string of the molecule is CC(C)CN(C)CCN1CC2(CCN(C[C@@H](O)CO)CC2)OC1=O. The van der Waals surface area contributed by atoms with Crippen LogP contribution < -0.4 is 0 Å². The molecule has 0 aromatic heterocycles. The molecule has 1 spiro atoms. The minimum atomic E-state index is -0.696. The standard InChI is InChI=1S/C17H33N3O4/c1-14(2)10-18(3)8-9-20-13-17(24-16(20)23)4-6-19(7-5-17)11-15(22)12-21/h14-15,21-22H,4-13H2,1-3H3/t15-/m1/s1. The highest BCUT2D eigenvalue weighted by atomic mass is 16.6. The number of hydrogen-bond donors (Lipinski definition) is 2. The molecule has 2 heterocycles. The number of aliphatic hydroxyl groups is 2. The summed E-state index contributed by atoms with van der Waals surface area (Å²) >= 11 is 0. The summed E-state index contributed by atoms with van der Waals surface area (Å²) in [6.45, 7) is 9.46. The number of nitrogens with zero attached hydrogens (tertiary/aromatic N) is 3. The van der Waals surface area contributed by atoms with Gasteiger partial charge in [0.2, 0.25) is 0 Å². The Bertz CT molecular complexity index is 411. The summed E-state index contributed by atoms with van der Waals surface area (Å²) in [5.74, 6) is 0.616. The number of hydrogen-bond acceptors (Lipinski definition) is 6. The second kappa shape index (κ2) is 8.47. The number of likely N-dealkylation sites (N-methyl/N-ethyl adjacent to an activating group) is 1. The highest BCUT2D eigenvalue weighted by molar-refractivity contribution is 5.70. The van der Waals surface area contributed by atoms with Crippen LogP contribution in [0.25, 0.3) is 0 Å². The van der Waals surface area contributed by atoms with Gasteiger partial charge in [-0.2, -0.15) is 0 Å². The Morgan fingerprint density at radius 3 is 2.58 bits per heavy atom. The van der Waals surface area contributed by atoms with Crippen molar-refractivity contribution in [1.29, 1.82) is 0 Å². The number of carbonyl (C=O) groups excluding carboxylic acids is 1. The molecule has 24 heavy (non-hydrogen) atoms. The van der Waals surface area contributed by atoms with Gasteiger partial charge in [-0.25, -0.2) is 4.79 Å². The minimum absolute atomic E-state index is 0.197. The maximum absolute atomic E-state index is 12.2. The Morgan fingerprint density at radius 1 is 1.33 bits per heavy atom. The van der Waals surface area contributed by atoms with E-state index in [1.807, 2.05) is 4.90 Å². The molecule has 0 aromatic rings. The minimum Gasteiger partial charge on any atom is -0.441 e. The van der Waals surface area contributed by atoms with Crippen LogP contribution in [0.2, 0.25) is 0 Å². The fraction of sp³-hybridized carbons (Fsp3) is 0.941. The number of amides is 1. The molecule has 2 saturated heterocycles. The first-order valence-electron chi connectivity index (χ1n) is 9.01. The normalized spacial score (nSPS) is 22.6. The Hall–Kier alpha value is -0.890. The molecule has 2 rings (SSSR count). The summed E-state index contributed by atoms with van der Waals surface area (Å²) in [6.07, 6.45) is 0.680. The highest BCUT2D eigenvalue weighted by Gasteiger charge is 2.46. The molecule has 7 heteroatoms. The molecule has 1 amide bonds. The molecule has 2 fully saturated rings. The van der Waals surface area contributed by atoms with Gasteiger partial charge in [0.1, 0.15) is 5.60 Å². The van der Waals surface area contributed by atoms with Gasteiger partial charge in [0.05, 0.1) is 19.3 Å². The third-order valence-electron chi connectivity index (χ3n) is 4.92. The first-order valence-corrected chi connectivity index (χ1v) is 9.01. The molecule has 0 unspecified atom stereocenters. The van der Waals surface area contributed by atoms with Crippen LogP contribution in [0.4, 0.5) is 4.79 Å². The largest absolute Gasteiger partial charge is 0.441 e. The van der Waals surface area contributed by atoms with Gasteiger partial charge in [-0.15, -0.1) is 0 Å². The quantitative estimate of drug-likeness (QED) is 0.656. The van der Waals surface area contributed by atoms with E-state index in [0.717, 1.165) is 39.0 Å². The van der Waals surface area contributed by atoms with Gasteiger partial charge in [-0.1, -0.05) is 13.8 Å². The average molecular weight is 343 g/mol. The van der Waals surface area contributed by atoms with Gasteiger partial charge in [-0.05, 0) is 13.0 Å². The summed E-state index contributed by atoms with van der Waals surface area (Å²) in [5.41, 5.74) is -0.367. The molecular weight excluding hydrogens is 310 g/mol. The third kappa shape index (κ3) is 5.31. The van der Waals surface area contributed by atoms with Crippen molar-refractivity contribution >= 4 is 6.09 Å². The van der Waals surface area contributed by atoms with Gasteiger partial charge >= 0.3 is 6.09 Å². The van der Waals surface area contributed by atoms with Gasteiger partial charge in [0.15, 0.2) is 0 Å². The topological polar surface area (TPSA) is 76.5 Å². The lowest BCUT2D eigenvalue weighted by atomic mass is 9.91. The van der Waals surface area contributed by atoms with Crippen molar-refractivity contribution in [3.63, 3.8) is 0 Å². The van der Waals surface area contributed by atoms with Crippen LogP contribution in [0.5, 0.6) is 0 Å². The summed E-state index contributed by atoms with van der Waals surface area (Å²) < 4.78 is 5.73. The van der Waals surface area contributed by atoms with E-state index in [0.29, 0.717) is 25.6 Å². The maximum Gasteiger partial charge on any atom is 0.410 e. The van der Waals surface area contributed by atoms with Gasteiger partial charge < -0.3 is 29.6 Å². The van der Waals surface area contributed by atoms with Gasteiger partial charge in [0, 0.05) is 52.1 Å². The van der Waals surface area contributed by atoms with E-state index in [2.05, 4.69) is 30.7 Å². The highest BCUT2D eigenvalue weighted by Crippen LogP contribution is 2.33. The molecule has 7 nitrogen and oxygen atoms in total. The number of β-amino-alcohol motifs (C(OH)–C–C–N with tert-alkyl or cyclic N) is 1. The third-order valence-corrected chi connectivity index (χ3v) is 4.92. The van der Waals surface area contributed by atoms with E-state index in [1.54, 1.807) is 0 Å². The zero-order chi connectivity index (χ0) is 17.7. The van der Waals surface area contributed by atoms with Crippen LogP contribution in [-0.4, -0.2) is 102 Å². The lowest BCUT2D eigenvalue weighted by molar-refractivity contribution is -0.0158. The van der Waals surface area contributed by atoms with E-state index in [9.17, 15) is 9.90 Å². The van der Waals surface area contributed by atoms with Crippen molar-refractivity contribution in [3.8, 4) is 0 Å². The van der Waals surface area contributed by atoms with E-state index in [1.165, 1.54) is 0 Å². The lowest BCUT2D eigenvalue weighted by Gasteiger charge is -2.38. The first-order chi connectivity index (χ1) is 11.3. The molecule has 140 valence electrons. The number of likely N-dealkylation sites (tertiary alicyclic amines) is 1. The fourth-order valence-corrected chi connectivity index (χ4v) is 3.63. The predicted octanol–water partition coefficient (Wildman–Crippen LogP) is 0.214. The van der Waals surface area contributed by atoms with Gasteiger partial charge in [0.25, 0.3) is 0 Å². The molecule has 1 atom stereocenters. The second-order valence-electron chi connectivity index (χ2n) is 7.77. The van der Waals surface area contributed by atoms with Crippen molar-refractivity contribution in [2.75, 3.05) is 59.5 Å². The summed E-state index contributed by atoms with van der Waals surface area (Å²) in [5, 5.41) is 18.5. The Kier molecular flexibility index (Phi) is 6.86. The van der Waals surface area contributed by atoms with Crippen molar-refractivity contribution in [1.82, 2.24) is 14.7 Å². The van der Waals surface area contributed by atoms with E-state index in [-0.39, 0.29) is 18.3 Å². The molecule has 2 N–H and O–H groups in total. The van der Waals surface area contributed by atoms with E-state index < -0.39 is 6.10 Å². The Balaban J connectivity index is 1.78. The van der Waals surface area contributed by atoms with Crippen molar-refractivity contribution in [3.05, 3.63) is 0 Å². The van der Waals surface area contributed by atoms with Crippen molar-refractivity contribution in [2.45, 2.75) is 38.4 Å². The van der Waals surface area contributed by atoms with E-state index >= 15 is 0 Å². The zero-order valence-electron chi connectivity index (χ0n) is 15.3. The number of ether oxygens (including phenoxy) is 1. The molecule has 0 aliphatic carbocycles. The number of aliphatic hydroxyl groups excluding tert-OH is 2.